The Hall–Kier alpha value is -1.36. The number of anilines is 1. The minimum absolute atomic E-state index is 0.186. The highest BCUT2D eigenvalue weighted by atomic mass is 16.3. The molecule has 1 saturated carbocycles. The van der Waals surface area contributed by atoms with Gasteiger partial charge in [-0.2, -0.15) is 0 Å². The smallest absolute Gasteiger partial charge is 0.252 e. The maximum atomic E-state index is 11.1. The molecule has 18 heavy (non-hydrogen) atoms. The van der Waals surface area contributed by atoms with E-state index in [0.717, 1.165) is 31.6 Å². The predicted molar refractivity (Wildman–Crippen MR) is 70.5 cm³/mol. The van der Waals surface area contributed by atoms with E-state index in [1.165, 1.54) is 18.8 Å². The number of nitrogens with one attached hydrogen (secondary N) is 2. The van der Waals surface area contributed by atoms with Crippen molar-refractivity contribution in [3.63, 3.8) is 0 Å². The number of aliphatic hydroxyl groups is 1. The number of rotatable bonds is 4. The monoisotopic (exact) mass is 251 g/mol. The highest BCUT2D eigenvalue weighted by Gasteiger charge is 2.32. The molecule has 5 heteroatoms. The van der Waals surface area contributed by atoms with Crippen molar-refractivity contribution in [2.45, 2.75) is 44.6 Å². The number of aromatic amines is 1. The number of hydrogen-bond acceptors (Lipinski definition) is 4. The molecule has 0 saturated heterocycles. The van der Waals surface area contributed by atoms with Gasteiger partial charge in [0.2, 0.25) is 0 Å². The van der Waals surface area contributed by atoms with Gasteiger partial charge in [-0.25, -0.2) is 4.98 Å². The molecule has 0 unspecified atom stereocenters. The van der Waals surface area contributed by atoms with E-state index in [9.17, 15) is 9.90 Å². The lowest BCUT2D eigenvalue weighted by Gasteiger charge is -2.35. The third-order valence-electron chi connectivity index (χ3n) is 3.89. The van der Waals surface area contributed by atoms with Gasteiger partial charge >= 0.3 is 0 Å². The number of aromatic nitrogens is 2. The minimum atomic E-state index is -0.657. The first kappa shape index (κ1) is 13.1. The zero-order chi connectivity index (χ0) is 13.0. The first-order valence-corrected chi connectivity index (χ1v) is 6.62. The van der Waals surface area contributed by atoms with Gasteiger partial charge in [0.1, 0.15) is 5.82 Å². The Balaban J connectivity index is 1.88. The topological polar surface area (TPSA) is 78.0 Å². The summed E-state index contributed by atoms with van der Waals surface area (Å²) in [6.45, 7) is 2.66. The summed E-state index contributed by atoms with van der Waals surface area (Å²) in [5, 5.41) is 13.5. The molecule has 3 N–H and O–H groups in total. The molecule has 0 aliphatic heterocycles. The van der Waals surface area contributed by atoms with Gasteiger partial charge < -0.3 is 15.4 Å². The lowest BCUT2D eigenvalue weighted by molar-refractivity contribution is 0.00223. The first-order valence-electron chi connectivity index (χ1n) is 6.62. The molecule has 100 valence electrons. The summed E-state index contributed by atoms with van der Waals surface area (Å²) in [5.74, 6) is 1.27. The Morgan fingerprint density at radius 2 is 2.28 bits per heavy atom. The predicted octanol–water partition coefficient (Wildman–Crippen LogP) is 1.51. The molecule has 2 rings (SSSR count). The second kappa shape index (κ2) is 5.52. The molecule has 0 radical (unpaired) electrons. The minimum Gasteiger partial charge on any atom is -0.388 e. The van der Waals surface area contributed by atoms with Gasteiger partial charge in [-0.15, -0.1) is 0 Å². The molecule has 1 aliphatic carbocycles. The van der Waals surface area contributed by atoms with Crippen molar-refractivity contribution in [3.8, 4) is 0 Å². The fourth-order valence-electron chi connectivity index (χ4n) is 2.52. The van der Waals surface area contributed by atoms with Crippen LogP contribution in [0.2, 0.25) is 0 Å². The van der Waals surface area contributed by atoms with E-state index >= 15 is 0 Å². The standard InChI is InChI=1S/C13H21N3O2/c1-2-10-3-5-13(18,6-4-10)8-14-11-7-12(17)16-9-15-11/h7,9-10,18H,2-6,8H2,1H3,(H2,14,15,16,17). The van der Waals surface area contributed by atoms with E-state index in [1.54, 1.807) is 0 Å². The van der Waals surface area contributed by atoms with Gasteiger partial charge in [0.15, 0.2) is 0 Å². The van der Waals surface area contributed by atoms with Crippen molar-refractivity contribution in [1.29, 1.82) is 0 Å². The molecule has 1 heterocycles. The van der Waals surface area contributed by atoms with Crippen LogP contribution in [0.1, 0.15) is 39.0 Å². The zero-order valence-corrected chi connectivity index (χ0v) is 10.8. The summed E-state index contributed by atoms with van der Waals surface area (Å²) in [7, 11) is 0. The van der Waals surface area contributed by atoms with Crippen molar-refractivity contribution in [1.82, 2.24) is 9.97 Å². The molecule has 0 amide bonds. The second-order valence-corrected chi connectivity index (χ2v) is 5.23. The molecule has 0 atom stereocenters. The maximum Gasteiger partial charge on any atom is 0.252 e. The summed E-state index contributed by atoms with van der Waals surface area (Å²) in [6, 6.07) is 1.40. The summed E-state index contributed by atoms with van der Waals surface area (Å²) in [5.41, 5.74) is -0.843. The van der Waals surface area contributed by atoms with Crippen molar-refractivity contribution in [2.24, 2.45) is 5.92 Å². The quantitative estimate of drug-likeness (QED) is 0.758. The molecule has 1 aromatic heterocycles. The Bertz CT molecular complexity index is 436. The molecule has 1 aromatic rings. The number of hydrogen-bond donors (Lipinski definition) is 3. The van der Waals surface area contributed by atoms with E-state index in [1.807, 2.05) is 0 Å². The molecule has 0 spiro atoms. The normalized spacial score (nSPS) is 28.0. The molecule has 1 aliphatic rings. The third kappa shape index (κ3) is 3.32. The zero-order valence-electron chi connectivity index (χ0n) is 10.8. The van der Waals surface area contributed by atoms with Gasteiger partial charge in [0.25, 0.3) is 5.56 Å². The van der Waals surface area contributed by atoms with E-state index in [4.69, 9.17) is 0 Å². The Kier molecular flexibility index (Phi) is 4.01. The van der Waals surface area contributed by atoms with Crippen LogP contribution in [0, 0.1) is 5.92 Å². The van der Waals surface area contributed by atoms with Crippen LogP contribution in [-0.2, 0) is 0 Å². The van der Waals surface area contributed by atoms with Crippen molar-refractivity contribution >= 4 is 5.82 Å². The van der Waals surface area contributed by atoms with Crippen molar-refractivity contribution in [2.75, 3.05) is 11.9 Å². The Morgan fingerprint density at radius 3 is 2.89 bits per heavy atom. The van der Waals surface area contributed by atoms with Crippen LogP contribution in [0.3, 0.4) is 0 Å². The maximum absolute atomic E-state index is 11.1. The van der Waals surface area contributed by atoms with Crippen LogP contribution in [-0.4, -0.2) is 27.2 Å². The third-order valence-corrected chi connectivity index (χ3v) is 3.89. The molecule has 0 aromatic carbocycles. The lowest BCUT2D eigenvalue weighted by Crippen LogP contribution is -2.40. The van der Waals surface area contributed by atoms with E-state index in [0.29, 0.717) is 12.4 Å². The fraction of sp³-hybridized carbons (Fsp3) is 0.692. The van der Waals surface area contributed by atoms with Crippen LogP contribution in [0.25, 0.3) is 0 Å². The molecular formula is C13H21N3O2. The van der Waals surface area contributed by atoms with Crippen molar-refractivity contribution in [3.05, 3.63) is 22.7 Å². The summed E-state index contributed by atoms with van der Waals surface area (Å²) in [4.78, 5) is 17.6. The largest absolute Gasteiger partial charge is 0.388 e. The molecular weight excluding hydrogens is 230 g/mol. The fourth-order valence-corrected chi connectivity index (χ4v) is 2.52. The summed E-state index contributed by atoms with van der Waals surface area (Å²) >= 11 is 0. The average molecular weight is 251 g/mol. The average Bonchev–Trinajstić information content (AvgIpc) is 2.38. The Labute approximate surface area is 107 Å². The highest BCUT2D eigenvalue weighted by Crippen LogP contribution is 2.33. The van der Waals surface area contributed by atoms with Crippen LogP contribution in [0.15, 0.2) is 17.2 Å². The van der Waals surface area contributed by atoms with Crippen LogP contribution in [0.4, 0.5) is 5.82 Å². The van der Waals surface area contributed by atoms with Crippen LogP contribution in [0.5, 0.6) is 0 Å². The number of nitrogens with zero attached hydrogens (tertiary/aromatic N) is 1. The Morgan fingerprint density at radius 1 is 1.56 bits per heavy atom. The van der Waals surface area contributed by atoms with Crippen LogP contribution >= 0.6 is 0 Å². The molecule has 1 fully saturated rings. The lowest BCUT2D eigenvalue weighted by atomic mass is 9.78. The molecule has 5 nitrogen and oxygen atoms in total. The van der Waals surface area contributed by atoms with Gasteiger partial charge in [-0.3, -0.25) is 4.79 Å². The van der Waals surface area contributed by atoms with Gasteiger partial charge in [0, 0.05) is 12.6 Å². The number of H-pyrrole nitrogens is 1. The summed E-state index contributed by atoms with van der Waals surface area (Å²) in [6.07, 6.45) is 6.36. The van der Waals surface area contributed by atoms with Gasteiger partial charge in [0.05, 0.1) is 11.9 Å². The summed E-state index contributed by atoms with van der Waals surface area (Å²) < 4.78 is 0. The van der Waals surface area contributed by atoms with Gasteiger partial charge in [-0.1, -0.05) is 13.3 Å². The van der Waals surface area contributed by atoms with E-state index in [2.05, 4.69) is 22.2 Å². The highest BCUT2D eigenvalue weighted by molar-refractivity contribution is 5.32. The van der Waals surface area contributed by atoms with E-state index < -0.39 is 5.60 Å². The van der Waals surface area contributed by atoms with E-state index in [-0.39, 0.29) is 5.56 Å². The van der Waals surface area contributed by atoms with Crippen molar-refractivity contribution < 1.29 is 5.11 Å². The van der Waals surface area contributed by atoms with Crippen LogP contribution < -0.4 is 10.9 Å². The second-order valence-electron chi connectivity index (χ2n) is 5.23. The van der Waals surface area contributed by atoms with Gasteiger partial charge in [-0.05, 0) is 31.6 Å². The first-order chi connectivity index (χ1) is 8.61. The molecule has 0 bridgehead atoms. The SMILES string of the molecule is CCC1CCC(O)(CNc2cc(=O)[nH]cn2)CC1.